The number of imidazole rings is 1. The molecule has 10 rings (SSSR count). The summed E-state index contributed by atoms with van der Waals surface area (Å²) in [5.41, 5.74) is 19.4. The monoisotopic (exact) mass is 912 g/mol. The molecule has 0 aliphatic carbocycles. The van der Waals surface area contributed by atoms with E-state index in [2.05, 4.69) is 235 Å². The lowest BCUT2D eigenvalue weighted by atomic mass is 9.79. The zero-order valence-electron chi connectivity index (χ0n) is 42.8. The Balaban J connectivity index is 1.27. The molecule has 0 saturated heterocycles. The molecular formula is C66H61N3O. The van der Waals surface area contributed by atoms with Gasteiger partial charge in [0.05, 0.1) is 28.0 Å². The number of aromatic hydroxyl groups is 1. The highest BCUT2D eigenvalue weighted by Crippen LogP contribution is 2.47. The van der Waals surface area contributed by atoms with Crippen LogP contribution in [0, 0.1) is 6.92 Å². The first-order valence-electron chi connectivity index (χ1n) is 24.9. The van der Waals surface area contributed by atoms with Crippen LogP contribution >= 0.6 is 0 Å². The quantitative estimate of drug-likeness (QED) is 0.157. The third-order valence-electron chi connectivity index (χ3n) is 13.7. The highest BCUT2D eigenvalue weighted by atomic mass is 16.3. The molecule has 0 radical (unpaired) electrons. The Labute approximate surface area is 415 Å². The van der Waals surface area contributed by atoms with Crippen molar-refractivity contribution in [2.45, 2.75) is 79.0 Å². The van der Waals surface area contributed by atoms with Gasteiger partial charge in [-0.25, -0.2) is 4.98 Å². The van der Waals surface area contributed by atoms with E-state index in [0.29, 0.717) is 11.4 Å². The Morgan fingerprint density at radius 1 is 0.500 bits per heavy atom. The number of benzene rings is 8. The average Bonchev–Trinajstić information content (AvgIpc) is 3.75. The molecule has 0 fully saturated rings. The van der Waals surface area contributed by atoms with Crippen LogP contribution in [0.3, 0.4) is 0 Å². The zero-order chi connectivity index (χ0) is 49.8. The molecule has 4 nitrogen and oxygen atoms in total. The topological polar surface area (TPSA) is 50.9 Å². The normalized spacial score (nSPS) is 12.3. The van der Waals surface area contributed by atoms with E-state index in [4.69, 9.17) is 11.3 Å². The van der Waals surface area contributed by atoms with Gasteiger partial charge in [-0.2, -0.15) is 0 Å². The lowest BCUT2D eigenvalue weighted by Crippen LogP contribution is -2.17. The number of hydrogen-bond acceptors (Lipinski definition) is 3. The maximum atomic E-state index is 12.7. The minimum absolute atomic E-state index is 0.216. The molecular weight excluding hydrogens is 851 g/mol. The van der Waals surface area contributed by atoms with Gasteiger partial charge in [0, 0.05) is 29.8 Å². The molecule has 10 aromatic rings. The summed E-state index contributed by atoms with van der Waals surface area (Å²) in [4.78, 5) is 10.7. The van der Waals surface area contributed by atoms with Crippen molar-refractivity contribution in [2.75, 3.05) is 0 Å². The lowest BCUT2D eigenvalue weighted by molar-refractivity contribution is 0.446. The van der Waals surface area contributed by atoms with Crippen LogP contribution in [0.4, 0.5) is 0 Å². The SMILES string of the molecule is [2H]C(C)(C)c1ccc(-c2ccnc(-c3cc(-c4ccccc4)cc(-c4cccc5c4nc(-c4cc(C(C)(C)C)cc(C(C)(C)C)c4O)n5-c4cc(-c5ccccc5)c(C)cc4-c4ccccc4)c3)c2)cc1. The first-order chi connectivity index (χ1) is 33.9. The largest absolute Gasteiger partial charge is 0.507 e. The number of phenolic OH excluding ortho intramolecular Hbond substituents is 1. The number of hydrogen-bond donors (Lipinski definition) is 1. The number of rotatable bonds is 9. The van der Waals surface area contributed by atoms with E-state index in [0.717, 1.165) is 106 Å². The van der Waals surface area contributed by atoms with Gasteiger partial charge in [0.2, 0.25) is 0 Å². The molecule has 0 aliphatic heterocycles. The van der Waals surface area contributed by atoms with Crippen LogP contribution in [0.5, 0.6) is 5.75 Å². The van der Waals surface area contributed by atoms with Gasteiger partial charge in [-0.1, -0.05) is 189 Å². The predicted molar refractivity (Wildman–Crippen MR) is 295 cm³/mol. The van der Waals surface area contributed by atoms with Crippen molar-refractivity contribution in [1.29, 1.82) is 0 Å². The fourth-order valence-electron chi connectivity index (χ4n) is 9.72. The Hall–Kier alpha value is -7.82. The van der Waals surface area contributed by atoms with Crippen molar-refractivity contribution in [3.8, 4) is 89.7 Å². The summed E-state index contributed by atoms with van der Waals surface area (Å²) in [6.45, 7) is 19.2. The fourth-order valence-corrected chi connectivity index (χ4v) is 9.72. The van der Waals surface area contributed by atoms with Crippen LogP contribution in [0.25, 0.3) is 95.0 Å². The predicted octanol–water partition coefficient (Wildman–Crippen LogP) is 17.8. The van der Waals surface area contributed by atoms with E-state index in [1.165, 1.54) is 0 Å². The molecule has 0 unspecified atom stereocenters. The summed E-state index contributed by atoms with van der Waals surface area (Å²) < 4.78 is 10.9. The summed E-state index contributed by atoms with van der Waals surface area (Å²) in [5.74, 6) is 0.213. The van der Waals surface area contributed by atoms with Gasteiger partial charge >= 0.3 is 0 Å². The molecule has 0 aliphatic rings. The van der Waals surface area contributed by atoms with Gasteiger partial charge < -0.3 is 5.11 Å². The number of phenols is 1. The van der Waals surface area contributed by atoms with E-state index in [9.17, 15) is 5.11 Å². The van der Waals surface area contributed by atoms with Crippen molar-refractivity contribution in [3.05, 3.63) is 217 Å². The molecule has 1 N–H and O–H groups in total. The Kier molecular flexibility index (Phi) is 11.6. The fraction of sp³-hybridized carbons (Fsp3) is 0.182. The minimum atomic E-state index is -0.683. The van der Waals surface area contributed by atoms with Gasteiger partial charge in [0.25, 0.3) is 0 Å². The van der Waals surface area contributed by atoms with Crippen LogP contribution in [-0.2, 0) is 10.8 Å². The Morgan fingerprint density at radius 3 is 1.73 bits per heavy atom. The molecule has 2 aromatic heterocycles. The van der Waals surface area contributed by atoms with E-state index in [-0.39, 0.29) is 16.6 Å². The number of aryl methyl sites for hydroxylation is 1. The molecule has 0 amide bonds. The second kappa shape index (κ2) is 18.3. The maximum Gasteiger partial charge on any atom is 0.149 e. The van der Waals surface area contributed by atoms with Crippen molar-refractivity contribution < 1.29 is 6.48 Å². The minimum Gasteiger partial charge on any atom is -0.507 e. The van der Waals surface area contributed by atoms with Gasteiger partial charge in [-0.15, -0.1) is 0 Å². The van der Waals surface area contributed by atoms with Crippen LogP contribution in [0.15, 0.2) is 194 Å². The summed E-state index contributed by atoms with van der Waals surface area (Å²) in [6.07, 6.45) is 1.89. The highest BCUT2D eigenvalue weighted by Gasteiger charge is 2.30. The standard InChI is InChI=1S/C66H61N3O/c1-42(2)44-28-30-46(31-29-44)49-32-33-67-59(38-49)52-36-50(45-20-13-10-14-21-45)35-51(37-52)54-26-19-27-60-62(54)68-64(57-39-53(65(4,5)6)40-58(63(57)70)66(7,8)9)69(60)61-41-55(47-22-15-11-16-23-47)43(3)34-56(61)48-24-17-12-18-25-48/h10-42,70H,1-9H3/i42D. The molecule has 0 bridgehead atoms. The van der Waals surface area contributed by atoms with Crippen molar-refractivity contribution in [2.24, 2.45) is 0 Å². The van der Waals surface area contributed by atoms with Gasteiger partial charge in [-0.3, -0.25) is 9.55 Å². The van der Waals surface area contributed by atoms with E-state index < -0.39 is 5.89 Å². The first kappa shape index (κ1) is 44.7. The van der Waals surface area contributed by atoms with Crippen LogP contribution in [-0.4, -0.2) is 19.6 Å². The second-order valence-electron chi connectivity index (χ2n) is 21.0. The number of pyridine rings is 1. The van der Waals surface area contributed by atoms with E-state index in [1.807, 2.05) is 26.1 Å². The number of para-hydroxylation sites is 1. The third-order valence-corrected chi connectivity index (χ3v) is 13.7. The Bertz CT molecular complexity index is 3570. The van der Waals surface area contributed by atoms with Gasteiger partial charge in [-0.05, 0) is 139 Å². The molecule has 70 heavy (non-hydrogen) atoms. The number of aromatic nitrogens is 3. The van der Waals surface area contributed by atoms with E-state index >= 15 is 0 Å². The second-order valence-corrected chi connectivity index (χ2v) is 21.0. The maximum absolute atomic E-state index is 12.7. The smallest absolute Gasteiger partial charge is 0.149 e. The number of nitrogens with zero attached hydrogens (tertiary/aromatic N) is 3. The average molecular weight is 913 g/mol. The molecule has 4 heteroatoms. The van der Waals surface area contributed by atoms with Crippen molar-refractivity contribution in [3.63, 3.8) is 0 Å². The summed E-state index contributed by atoms with van der Waals surface area (Å²) >= 11 is 0. The van der Waals surface area contributed by atoms with Crippen molar-refractivity contribution >= 4 is 11.0 Å². The van der Waals surface area contributed by atoms with Crippen LogP contribution in [0.2, 0.25) is 0 Å². The zero-order valence-corrected chi connectivity index (χ0v) is 41.8. The Morgan fingerprint density at radius 2 is 1.10 bits per heavy atom. The van der Waals surface area contributed by atoms with Crippen LogP contribution in [0.1, 0.15) is 84.9 Å². The number of fused-ring (bicyclic) bond motifs is 1. The van der Waals surface area contributed by atoms with Gasteiger partial charge in [0.15, 0.2) is 0 Å². The van der Waals surface area contributed by atoms with E-state index in [1.54, 1.807) is 0 Å². The van der Waals surface area contributed by atoms with Gasteiger partial charge in [0.1, 0.15) is 11.6 Å². The molecule has 0 atom stereocenters. The lowest BCUT2D eigenvalue weighted by Gasteiger charge is -2.28. The van der Waals surface area contributed by atoms with Crippen molar-refractivity contribution in [1.82, 2.24) is 14.5 Å². The summed E-state index contributed by atoms with van der Waals surface area (Å²) in [6, 6.07) is 66.4. The summed E-state index contributed by atoms with van der Waals surface area (Å²) in [7, 11) is 0. The highest BCUT2D eigenvalue weighted by molar-refractivity contribution is 5.99. The molecule has 0 saturated carbocycles. The molecule has 2 heterocycles. The third kappa shape index (κ3) is 8.87. The molecule has 346 valence electrons. The van der Waals surface area contributed by atoms with Crippen LogP contribution < -0.4 is 0 Å². The summed E-state index contributed by atoms with van der Waals surface area (Å²) in [5, 5.41) is 12.7. The molecule has 0 spiro atoms. The molecule has 8 aromatic carbocycles. The first-order valence-corrected chi connectivity index (χ1v) is 24.4.